The Labute approximate surface area is 267 Å². The Kier molecular flexibility index (Phi) is 10.9. The zero-order valence-electron chi connectivity index (χ0n) is 25.1. The molecule has 0 spiro atoms. The molecule has 45 heavy (non-hydrogen) atoms. The van der Waals surface area contributed by atoms with E-state index in [2.05, 4.69) is 47.1 Å². The van der Waals surface area contributed by atoms with Gasteiger partial charge in [-0.15, -0.1) is 10.2 Å². The molecular formula is C31H36BrF3N6O4. The van der Waals surface area contributed by atoms with Crippen LogP contribution in [-0.2, 0) is 26.9 Å². The normalized spacial score (nSPS) is 17.7. The van der Waals surface area contributed by atoms with Gasteiger partial charge in [-0.1, -0.05) is 28.1 Å². The van der Waals surface area contributed by atoms with E-state index in [9.17, 15) is 27.6 Å². The number of H-pyrrole nitrogens is 1. The number of nitrogens with zero attached hydrogens (tertiary/aromatic N) is 2. The first-order valence-corrected chi connectivity index (χ1v) is 15.4. The smallest absolute Gasteiger partial charge is 0.444 e. The van der Waals surface area contributed by atoms with Crippen LogP contribution in [-0.4, -0.2) is 51.3 Å². The maximum atomic E-state index is 13.4. The Balaban J connectivity index is 1.37. The van der Waals surface area contributed by atoms with Gasteiger partial charge in [0.1, 0.15) is 11.6 Å². The van der Waals surface area contributed by atoms with Crippen LogP contribution in [0.5, 0.6) is 0 Å². The van der Waals surface area contributed by atoms with E-state index < -0.39 is 35.6 Å². The fourth-order valence-electron chi connectivity index (χ4n) is 5.03. The highest BCUT2D eigenvalue weighted by Gasteiger charge is 2.35. The lowest BCUT2D eigenvalue weighted by Gasteiger charge is -2.29. The van der Waals surface area contributed by atoms with E-state index in [0.717, 1.165) is 22.9 Å². The second-order valence-corrected chi connectivity index (χ2v) is 13.0. The maximum Gasteiger partial charge on any atom is 0.451 e. The number of rotatable bonds is 9. The lowest BCUT2D eigenvalue weighted by Crippen LogP contribution is -2.48. The molecule has 1 atom stereocenters. The van der Waals surface area contributed by atoms with Crippen molar-refractivity contribution in [3.63, 3.8) is 0 Å². The van der Waals surface area contributed by atoms with Crippen molar-refractivity contribution in [1.29, 1.82) is 0 Å². The molecule has 0 saturated heterocycles. The second kappa shape index (κ2) is 14.4. The third kappa shape index (κ3) is 10.3. The highest BCUT2D eigenvalue weighted by atomic mass is 79.9. The number of nitrogens with one attached hydrogen (secondary N) is 4. The number of ether oxygens (including phenoxy) is 1. The fourth-order valence-corrected chi connectivity index (χ4v) is 5.48. The lowest BCUT2D eigenvalue weighted by molar-refractivity contribution is -0.144. The number of hydrogen-bond acceptors (Lipinski definition) is 6. The molecule has 3 amide bonds. The number of carbonyl (C=O) groups excluding carboxylic acids is 3. The van der Waals surface area contributed by atoms with Crippen molar-refractivity contribution < 1.29 is 32.3 Å². The minimum Gasteiger partial charge on any atom is -0.444 e. The third-order valence-corrected chi connectivity index (χ3v) is 7.79. The molecule has 2 aromatic carbocycles. The first kappa shape index (κ1) is 33.9. The fraction of sp³-hybridized carbons (Fsp3) is 0.452. The zero-order chi connectivity index (χ0) is 32.8. The van der Waals surface area contributed by atoms with E-state index in [0.29, 0.717) is 30.6 Å². The van der Waals surface area contributed by atoms with Gasteiger partial charge in [-0.3, -0.25) is 9.59 Å². The number of aromatic nitrogens is 3. The average molecular weight is 694 g/mol. The molecule has 1 aromatic heterocycles. The molecule has 0 aliphatic heterocycles. The van der Waals surface area contributed by atoms with E-state index in [1.807, 2.05) is 24.3 Å². The van der Waals surface area contributed by atoms with Crippen LogP contribution >= 0.6 is 15.9 Å². The Bertz CT molecular complexity index is 1480. The molecule has 1 aliphatic rings. The Morgan fingerprint density at radius 2 is 1.71 bits per heavy atom. The number of amides is 3. The summed E-state index contributed by atoms with van der Waals surface area (Å²) in [7, 11) is 0. The van der Waals surface area contributed by atoms with Crippen LogP contribution in [0.1, 0.15) is 57.8 Å². The summed E-state index contributed by atoms with van der Waals surface area (Å²) in [6, 6.07) is 12.6. The summed E-state index contributed by atoms with van der Waals surface area (Å²) in [5, 5.41) is 15.2. The minimum absolute atomic E-state index is 0.0599. The zero-order valence-corrected chi connectivity index (χ0v) is 26.7. The number of hydrogen-bond donors (Lipinski definition) is 4. The van der Waals surface area contributed by atoms with Crippen LogP contribution in [0, 0.1) is 11.8 Å². The molecule has 10 nitrogen and oxygen atoms in total. The quantitative estimate of drug-likeness (QED) is 0.209. The SMILES string of the molecule is CC(C)(C)OC(=O)NCC1CCC(C(=O)N[C@@H](Cc2cccc(Br)c2)C(=O)Nc2ccc(-c3nnc(C(F)(F)F)[nH]3)cc2)CC1. The monoisotopic (exact) mass is 692 g/mol. The summed E-state index contributed by atoms with van der Waals surface area (Å²) in [4.78, 5) is 40.9. The molecule has 242 valence electrons. The predicted octanol–water partition coefficient (Wildman–Crippen LogP) is 6.25. The van der Waals surface area contributed by atoms with E-state index in [1.54, 1.807) is 20.8 Å². The van der Waals surface area contributed by atoms with Gasteiger partial charge in [0.05, 0.1) is 0 Å². The van der Waals surface area contributed by atoms with Gasteiger partial charge in [0.25, 0.3) is 0 Å². The second-order valence-electron chi connectivity index (χ2n) is 12.1. The van der Waals surface area contributed by atoms with E-state index in [1.165, 1.54) is 24.3 Å². The lowest BCUT2D eigenvalue weighted by atomic mass is 9.81. The number of halogens is 4. The summed E-state index contributed by atoms with van der Waals surface area (Å²) >= 11 is 3.44. The van der Waals surface area contributed by atoms with Crippen LogP contribution in [0.25, 0.3) is 11.4 Å². The van der Waals surface area contributed by atoms with Gasteiger partial charge >= 0.3 is 12.3 Å². The van der Waals surface area contributed by atoms with Gasteiger partial charge in [0, 0.05) is 34.6 Å². The number of aromatic amines is 1. The number of anilines is 1. The van der Waals surface area contributed by atoms with Crippen molar-refractivity contribution in [2.45, 2.75) is 70.7 Å². The average Bonchev–Trinajstić information content (AvgIpc) is 3.47. The molecule has 0 bridgehead atoms. The maximum absolute atomic E-state index is 13.4. The van der Waals surface area contributed by atoms with Crippen LogP contribution in [0.15, 0.2) is 53.0 Å². The third-order valence-electron chi connectivity index (χ3n) is 7.29. The molecule has 1 saturated carbocycles. The van der Waals surface area contributed by atoms with Gasteiger partial charge in [0.2, 0.25) is 17.6 Å². The van der Waals surface area contributed by atoms with Crippen molar-refractivity contribution >= 4 is 39.5 Å². The van der Waals surface area contributed by atoms with Gasteiger partial charge in [-0.25, -0.2) is 4.79 Å². The molecule has 0 radical (unpaired) electrons. The first-order valence-electron chi connectivity index (χ1n) is 14.6. The number of carbonyl (C=O) groups is 3. The summed E-state index contributed by atoms with van der Waals surface area (Å²) in [6.07, 6.45) is -2.13. The van der Waals surface area contributed by atoms with Crippen molar-refractivity contribution in [1.82, 2.24) is 25.8 Å². The topological polar surface area (TPSA) is 138 Å². The first-order chi connectivity index (χ1) is 21.2. The van der Waals surface area contributed by atoms with E-state index >= 15 is 0 Å². The molecule has 1 aliphatic carbocycles. The molecule has 1 fully saturated rings. The van der Waals surface area contributed by atoms with Crippen LogP contribution in [0.4, 0.5) is 23.7 Å². The van der Waals surface area contributed by atoms with Crippen molar-refractivity contribution in [3.8, 4) is 11.4 Å². The largest absolute Gasteiger partial charge is 0.451 e. The summed E-state index contributed by atoms with van der Waals surface area (Å²) in [6.45, 7) is 5.87. The van der Waals surface area contributed by atoms with Crippen LogP contribution < -0.4 is 16.0 Å². The molecule has 1 heterocycles. The van der Waals surface area contributed by atoms with E-state index in [-0.39, 0.29) is 30.0 Å². The van der Waals surface area contributed by atoms with Gasteiger partial charge in [0.15, 0.2) is 5.82 Å². The Hall–Kier alpha value is -3.94. The Morgan fingerprint density at radius 1 is 1.02 bits per heavy atom. The van der Waals surface area contributed by atoms with Crippen molar-refractivity contribution in [2.24, 2.45) is 11.8 Å². The standard InChI is InChI=1S/C31H36BrF3N6O4/c1-30(2,3)45-29(44)36-17-18-7-9-21(10-8-18)26(42)38-24(16-19-5-4-6-22(32)15-19)27(43)37-23-13-11-20(12-14-23)25-39-28(41-40-25)31(33,34)35/h4-6,11-15,18,21,24H,7-10,16-17H2,1-3H3,(H,36,44)(H,37,43)(H,38,42)(H,39,40,41)/t18?,21?,24-/m0/s1. The Morgan fingerprint density at radius 3 is 2.31 bits per heavy atom. The van der Waals surface area contributed by atoms with Crippen molar-refractivity contribution in [3.05, 3.63) is 64.4 Å². The van der Waals surface area contributed by atoms with Gasteiger partial charge < -0.3 is 25.7 Å². The van der Waals surface area contributed by atoms with Gasteiger partial charge in [-0.2, -0.15) is 13.2 Å². The summed E-state index contributed by atoms with van der Waals surface area (Å²) in [5.74, 6) is -1.97. The molecule has 3 aromatic rings. The van der Waals surface area contributed by atoms with Crippen LogP contribution in [0.3, 0.4) is 0 Å². The highest BCUT2D eigenvalue weighted by Crippen LogP contribution is 2.30. The number of benzene rings is 2. The number of alkyl carbamates (subject to hydrolysis) is 1. The van der Waals surface area contributed by atoms with Crippen LogP contribution in [0.2, 0.25) is 0 Å². The molecule has 14 heteroatoms. The molecule has 0 unspecified atom stereocenters. The minimum atomic E-state index is -4.65. The summed E-state index contributed by atoms with van der Waals surface area (Å²) in [5.41, 5.74) is 1.00. The van der Waals surface area contributed by atoms with Crippen molar-refractivity contribution in [2.75, 3.05) is 11.9 Å². The molecular weight excluding hydrogens is 657 g/mol. The van der Waals surface area contributed by atoms with Gasteiger partial charge in [-0.05, 0) is 94.3 Å². The number of alkyl halides is 3. The summed E-state index contributed by atoms with van der Waals surface area (Å²) < 4.78 is 44.8. The molecule has 4 rings (SSSR count). The van der Waals surface area contributed by atoms with E-state index in [4.69, 9.17) is 4.74 Å². The molecule has 4 N–H and O–H groups in total. The highest BCUT2D eigenvalue weighted by molar-refractivity contribution is 9.10. The predicted molar refractivity (Wildman–Crippen MR) is 165 cm³/mol.